The Kier molecular flexibility index (Phi) is 7.44. The Hall–Kier alpha value is -2.89. The Morgan fingerprint density at radius 1 is 0.967 bits per heavy atom. The lowest BCUT2D eigenvalue weighted by atomic mass is 9.99. The molecule has 1 N–H and O–H groups in total. The number of nitrogens with zero attached hydrogens (tertiary/aromatic N) is 1. The van der Waals surface area contributed by atoms with Gasteiger partial charge >= 0.3 is 0 Å². The molecular formula is C24H32N2O4. The van der Waals surface area contributed by atoms with E-state index in [4.69, 9.17) is 14.2 Å². The number of anilines is 2. The van der Waals surface area contributed by atoms with Gasteiger partial charge in [-0.1, -0.05) is 13.0 Å². The highest BCUT2D eigenvalue weighted by molar-refractivity contribution is 5.91. The molecule has 1 aliphatic heterocycles. The van der Waals surface area contributed by atoms with Gasteiger partial charge in [-0.15, -0.1) is 0 Å². The maximum atomic E-state index is 12.5. The topological polar surface area (TPSA) is 60.0 Å². The zero-order valence-electron chi connectivity index (χ0n) is 18.4. The number of rotatable bonds is 8. The number of hydrogen-bond acceptors (Lipinski definition) is 5. The van der Waals surface area contributed by atoms with E-state index in [0.29, 0.717) is 30.1 Å². The summed E-state index contributed by atoms with van der Waals surface area (Å²) in [6.07, 6.45) is 3.35. The fourth-order valence-corrected chi connectivity index (χ4v) is 3.85. The first-order valence-electron chi connectivity index (χ1n) is 10.5. The van der Waals surface area contributed by atoms with Crippen molar-refractivity contribution < 1.29 is 19.0 Å². The first-order valence-corrected chi connectivity index (χ1v) is 10.5. The normalized spacial score (nSPS) is 14.3. The highest BCUT2D eigenvalue weighted by Crippen LogP contribution is 2.40. The van der Waals surface area contributed by atoms with Crippen LogP contribution in [0.2, 0.25) is 0 Å². The van der Waals surface area contributed by atoms with E-state index in [1.165, 1.54) is 18.5 Å². The van der Waals surface area contributed by atoms with E-state index in [0.717, 1.165) is 30.3 Å². The molecule has 3 rings (SSSR count). The highest BCUT2D eigenvalue weighted by Gasteiger charge is 2.17. The van der Waals surface area contributed by atoms with Crippen LogP contribution in [-0.4, -0.2) is 40.3 Å². The van der Waals surface area contributed by atoms with Gasteiger partial charge in [0.25, 0.3) is 0 Å². The third kappa shape index (κ3) is 5.17. The first kappa shape index (κ1) is 21.8. The molecule has 2 aromatic rings. The van der Waals surface area contributed by atoms with Gasteiger partial charge in [-0.2, -0.15) is 0 Å². The van der Waals surface area contributed by atoms with Crippen LogP contribution in [-0.2, 0) is 11.2 Å². The van der Waals surface area contributed by atoms with E-state index in [9.17, 15) is 4.79 Å². The molecule has 0 aliphatic carbocycles. The molecule has 0 spiro atoms. The van der Waals surface area contributed by atoms with Gasteiger partial charge in [-0.3, -0.25) is 4.79 Å². The average Bonchev–Trinajstić information content (AvgIpc) is 2.78. The lowest BCUT2D eigenvalue weighted by molar-refractivity contribution is -0.116. The van der Waals surface area contributed by atoms with Crippen LogP contribution in [0.5, 0.6) is 17.2 Å². The number of piperidine rings is 1. The number of amides is 1. The summed E-state index contributed by atoms with van der Waals surface area (Å²) in [5, 5.41) is 2.98. The minimum Gasteiger partial charge on any atom is -0.493 e. The minimum absolute atomic E-state index is 0.0358. The highest BCUT2D eigenvalue weighted by atomic mass is 16.5. The summed E-state index contributed by atoms with van der Waals surface area (Å²) in [4.78, 5) is 14.9. The Bertz CT molecular complexity index is 843. The van der Waals surface area contributed by atoms with Gasteiger partial charge in [0.15, 0.2) is 11.5 Å². The number of carbonyl (C=O) groups is 1. The van der Waals surface area contributed by atoms with Crippen molar-refractivity contribution in [1.29, 1.82) is 0 Å². The predicted molar refractivity (Wildman–Crippen MR) is 120 cm³/mol. The number of ether oxygens (including phenoxy) is 3. The largest absolute Gasteiger partial charge is 0.493 e. The first-order chi connectivity index (χ1) is 14.5. The van der Waals surface area contributed by atoms with Crippen LogP contribution >= 0.6 is 0 Å². The standard InChI is InChI=1S/C24H32N2O4/c1-17-13-15-26(16-14-17)20-9-7-19(8-10-20)25-22(27)12-6-18-5-11-21(28-2)24(30-4)23(18)29-3/h5,7-11,17H,6,12-16H2,1-4H3,(H,25,27). The van der Waals surface area contributed by atoms with E-state index >= 15 is 0 Å². The second-order valence-corrected chi connectivity index (χ2v) is 7.76. The summed E-state index contributed by atoms with van der Waals surface area (Å²) in [6, 6.07) is 11.9. The summed E-state index contributed by atoms with van der Waals surface area (Å²) in [5.41, 5.74) is 2.93. The Morgan fingerprint density at radius 3 is 2.23 bits per heavy atom. The zero-order chi connectivity index (χ0) is 21.5. The van der Waals surface area contributed by atoms with Crippen LogP contribution in [0.1, 0.15) is 31.7 Å². The van der Waals surface area contributed by atoms with Crippen LogP contribution in [0.15, 0.2) is 36.4 Å². The zero-order valence-corrected chi connectivity index (χ0v) is 18.4. The average molecular weight is 413 g/mol. The fraction of sp³-hybridized carbons (Fsp3) is 0.458. The fourth-order valence-electron chi connectivity index (χ4n) is 3.85. The summed E-state index contributed by atoms with van der Waals surface area (Å²) in [6.45, 7) is 4.51. The van der Waals surface area contributed by atoms with E-state index in [-0.39, 0.29) is 5.91 Å². The van der Waals surface area contributed by atoms with Crippen LogP contribution in [0.3, 0.4) is 0 Å². The van der Waals surface area contributed by atoms with E-state index in [1.54, 1.807) is 21.3 Å². The molecule has 1 amide bonds. The van der Waals surface area contributed by atoms with E-state index < -0.39 is 0 Å². The summed E-state index contributed by atoms with van der Waals surface area (Å²) >= 11 is 0. The number of carbonyl (C=O) groups excluding carboxylic acids is 1. The third-order valence-electron chi connectivity index (χ3n) is 5.71. The van der Waals surface area contributed by atoms with E-state index in [2.05, 4.69) is 29.3 Å². The van der Waals surface area contributed by atoms with Gasteiger partial charge in [-0.25, -0.2) is 0 Å². The van der Waals surface area contributed by atoms with E-state index in [1.807, 2.05) is 24.3 Å². The van der Waals surface area contributed by atoms with Gasteiger partial charge < -0.3 is 24.4 Å². The lowest BCUT2D eigenvalue weighted by Gasteiger charge is -2.32. The van der Waals surface area contributed by atoms with Crippen molar-refractivity contribution in [3.05, 3.63) is 42.0 Å². The van der Waals surface area contributed by atoms with Crippen molar-refractivity contribution in [2.75, 3.05) is 44.6 Å². The number of hydrogen-bond donors (Lipinski definition) is 1. The van der Waals surface area contributed by atoms with Crippen molar-refractivity contribution in [3.63, 3.8) is 0 Å². The molecule has 6 nitrogen and oxygen atoms in total. The van der Waals surface area contributed by atoms with Gasteiger partial charge in [0.1, 0.15) is 0 Å². The second-order valence-electron chi connectivity index (χ2n) is 7.76. The Morgan fingerprint density at radius 2 is 1.63 bits per heavy atom. The molecule has 30 heavy (non-hydrogen) atoms. The second kappa shape index (κ2) is 10.2. The SMILES string of the molecule is COc1ccc(CCC(=O)Nc2ccc(N3CCC(C)CC3)cc2)c(OC)c1OC. The Balaban J connectivity index is 1.57. The monoisotopic (exact) mass is 412 g/mol. The van der Waals surface area contributed by atoms with Gasteiger partial charge in [0.05, 0.1) is 21.3 Å². The predicted octanol–water partition coefficient (Wildman–Crippen LogP) is 4.52. The van der Waals surface area contributed by atoms with Crippen molar-refractivity contribution in [2.45, 2.75) is 32.6 Å². The molecule has 0 aromatic heterocycles. The maximum Gasteiger partial charge on any atom is 0.224 e. The van der Waals surface area contributed by atoms with Crippen molar-refractivity contribution >= 4 is 17.3 Å². The smallest absolute Gasteiger partial charge is 0.224 e. The van der Waals surface area contributed by atoms with Crippen LogP contribution < -0.4 is 24.4 Å². The summed E-state index contributed by atoms with van der Waals surface area (Å²) in [5.74, 6) is 2.52. The molecule has 1 aliphatic rings. The van der Waals surface area contributed by atoms with Crippen LogP contribution in [0, 0.1) is 5.92 Å². The molecule has 0 saturated carbocycles. The van der Waals surface area contributed by atoms with Crippen molar-refractivity contribution in [2.24, 2.45) is 5.92 Å². The van der Waals surface area contributed by atoms with Crippen molar-refractivity contribution in [3.8, 4) is 17.2 Å². The molecule has 0 bridgehead atoms. The number of aryl methyl sites for hydroxylation is 1. The molecule has 0 radical (unpaired) electrons. The lowest BCUT2D eigenvalue weighted by Crippen LogP contribution is -2.32. The van der Waals surface area contributed by atoms with Crippen molar-refractivity contribution in [1.82, 2.24) is 0 Å². The quantitative estimate of drug-likeness (QED) is 0.691. The van der Waals surface area contributed by atoms with Gasteiger partial charge in [0, 0.05) is 30.9 Å². The maximum absolute atomic E-state index is 12.5. The van der Waals surface area contributed by atoms with Crippen LogP contribution in [0.25, 0.3) is 0 Å². The summed E-state index contributed by atoms with van der Waals surface area (Å²) in [7, 11) is 4.75. The molecule has 1 fully saturated rings. The van der Waals surface area contributed by atoms with Crippen LogP contribution in [0.4, 0.5) is 11.4 Å². The molecule has 0 atom stereocenters. The molecule has 2 aromatic carbocycles. The summed E-state index contributed by atoms with van der Waals surface area (Å²) < 4.78 is 16.2. The number of nitrogens with one attached hydrogen (secondary N) is 1. The molecule has 1 saturated heterocycles. The number of benzene rings is 2. The van der Waals surface area contributed by atoms with Gasteiger partial charge in [0.2, 0.25) is 11.7 Å². The molecule has 0 unspecified atom stereocenters. The molecule has 6 heteroatoms. The third-order valence-corrected chi connectivity index (χ3v) is 5.71. The van der Waals surface area contributed by atoms with Gasteiger partial charge in [-0.05, 0) is 61.1 Å². The number of methoxy groups -OCH3 is 3. The molecule has 162 valence electrons. The molecular weight excluding hydrogens is 380 g/mol. The molecule has 1 heterocycles. The Labute approximate surface area is 179 Å². The minimum atomic E-state index is -0.0358.